The molecule has 1 heterocycles. The number of aromatic nitrogens is 2. The van der Waals surface area contributed by atoms with E-state index in [-0.39, 0.29) is 0 Å². The van der Waals surface area contributed by atoms with Crippen molar-refractivity contribution in [2.75, 3.05) is 24.7 Å². The van der Waals surface area contributed by atoms with Crippen LogP contribution in [0.15, 0.2) is 6.33 Å². The van der Waals surface area contributed by atoms with E-state index in [9.17, 15) is 0 Å². The van der Waals surface area contributed by atoms with E-state index in [2.05, 4.69) is 29.1 Å². The van der Waals surface area contributed by atoms with Crippen LogP contribution in [0.3, 0.4) is 0 Å². The van der Waals surface area contributed by atoms with Gasteiger partial charge in [-0.3, -0.25) is 0 Å². The predicted octanol–water partition coefficient (Wildman–Crippen LogP) is 1.92. The van der Waals surface area contributed by atoms with E-state index >= 15 is 0 Å². The highest BCUT2D eigenvalue weighted by atomic mass is 16.5. The Labute approximate surface area is 96.4 Å². The average Bonchev–Trinajstić information content (AvgIpc) is 2.24. The molecule has 0 aromatic carbocycles. The minimum absolute atomic E-state index is 0.365. The van der Waals surface area contributed by atoms with Crippen LogP contribution in [0.2, 0.25) is 0 Å². The van der Waals surface area contributed by atoms with Crippen molar-refractivity contribution in [2.45, 2.75) is 26.7 Å². The van der Waals surface area contributed by atoms with Gasteiger partial charge in [-0.25, -0.2) is 9.97 Å². The first kappa shape index (κ1) is 12.5. The standard InChI is InChI=1S/C11H20N4O/c1-8(2)5-4-6-13-11-9(16-3)10(12)14-7-15-11/h7-8H,4-6H2,1-3H3,(H3,12,13,14,15). The zero-order chi connectivity index (χ0) is 12.0. The van der Waals surface area contributed by atoms with Crippen LogP contribution in [0.5, 0.6) is 5.75 Å². The first-order valence-corrected chi connectivity index (χ1v) is 5.53. The summed E-state index contributed by atoms with van der Waals surface area (Å²) < 4.78 is 5.14. The second-order valence-electron chi connectivity index (χ2n) is 4.10. The topological polar surface area (TPSA) is 73.1 Å². The van der Waals surface area contributed by atoms with E-state index in [1.54, 1.807) is 7.11 Å². The van der Waals surface area contributed by atoms with Crippen molar-refractivity contribution in [3.8, 4) is 5.75 Å². The summed E-state index contributed by atoms with van der Waals surface area (Å²) in [5, 5.41) is 3.20. The van der Waals surface area contributed by atoms with Gasteiger partial charge in [0.2, 0.25) is 5.75 Å². The fourth-order valence-corrected chi connectivity index (χ4v) is 1.43. The van der Waals surface area contributed by atoms with Gasteiger partial charge in [-0.15, -0.1) is 0 Å². The second kappa shape index (κ2) is 6.15. The third kappa shape index (κ3) is 3.56. The van der Waals surface area contributed by atoms with Crippen LogP contribution >= 0.6 is 0 Å². The maximum atomic E-state index is 5.67. The first-order valence-electron chi connectivity index (χ1n) is 5.53. The number of anilines is 2. The summed E-state index contributed by atoms with van der Waals surface area (Å²) in [4.78, 5) is 7.97. The van der Waals surface area contributed by atoms with Gasteiger partial charge in [-0.2, -0.15) is 0 Å². The molecule has 0 atom stereocenters. The number of hydrogen-bond donors (Lipinski definition) is 2. The zero-order valence-electron chi connectivity index (χ0n) is 10.2. The van der Waals surface area contributed by atoms with Crippen LogP contribution in [0.25, 0.3) is 0 Å². The molecule has 5 heteroatoms. The molecule has 0 spiro atoms. The molecule has 0 saturated carbocycles. The Balaban J connectivity index is 2.50. The largest absolute Gasteiger partial charge is 0.490 e. The van der Waals surface area contributed by atoms with Gasteiger partial charge in [0.15, 0.2) is 11.6 Å². The minimum atomic E-state index is 0.365. The molecule has 0 aliphatic rings. The smallest absolute Gasteiger partial charge is 0.203 e. The van der Waals surface area contributed by atoms with Gasteiger partial charge in [0.1, 0.15) is 6.33 Å². The van der Waals surface area contributed by atoms with Gasteiger partial charge < -0.3 is 15.8 Å². The number of nitrogens with zero attached hydrogens (tertiary/aromatic N) is 2. The number of methoxy groups -OCH3 is 1. The molecule has 0 aliphatic heterocycles. The number of nitrogens with one attached hydrogen (secondary N) is 1. The highest BCUT2D eigenvalue weighted by molar-refractivity contribution is 5.61. The third-order valence-corrected chi connectivity index (χ3v) is 2.29. The summed E-state index contributed by atoms with van der Waals surface area (Å²) in [7, 11) is 1.56. The quantitative estimate of drug-likeness (QED) is 0.722. The van der Waals surface area contributed by atoms with Crippen LogP contribution in [-0.2, 0) is 0 Å². The monoisotopic (exact) mass is 224 g/mol. The Morgan fingerprint density at radius 3 is 2.81 bits per heavy atom. The lowest BCUT2D eigenvalue weighted by Crippen LogP contribution is -2.08. The van der Waals surface area contributed by atoms with Crippen LogP contribution < -0.4 is 15.8 Å². The van der Waals surface area contributed by atoms with Gasteiger partial charge in [0.05, 0.1) is 7.11 Å². The van der Waals surface area contributed by atoms with Gasteiger partial charge in [0.25, 0.3) is 0 Å². The molecule has 0 saturated heterocycles. The number of nitrogens with two attached hydrogens (primary N) is 1. The lowest BCUT2D eigenvalue weighted by atomic mass is 10.1. The average molecular weight is 224 g/mol. The SMILES string of the molecule is COc1c(N)ncnc1NCCCC(C)C. The van der Waals surface area contributed by atoms with Crippen molar-refractivity contribution >= 4 is 11.6 Å². The van der Waals surface area contributed by atoms with Crippen molar-refractivity contribution in [1.29, 1.82) is 0 Å². The van der Waals surface area contributed by atoms with Gasteiger partial charge in [-0.05, 0) is 18.8 Å². The van der Waals surface area contributed by atoms with E-state index in [1.807, 2.05) is 0 Å². The number of hydrogen-bond acceptors (Lipinski definition) is 5. The van der Waals surface area contributed by atoms with Gasteiger partial charge in [-0.1, -0.05) is 13.8 Å². The Morgan fingerprint density at radius 2 is 2.19 bits per heavy atom. The normalized spacial score (nSPS) is 10.5. The van der Waals surface area contributed by atoms with Crippen molar-refractivity contribution in [1.82, 2.24) is 9.97 Å². The second-order valence-corrected chi connectivity index (χ2v) is 4.10. The Kier molecular flexibility index (Phi) is 4.82. The number of ether oxygens (including phenoxy) is 1. The van der Waals surface area contributed by atoms with Crippen molar-refractivity contribution in [3.05, 3.63) is 6.33 Å². The molecule has 1 aromatic heterocycles. The summed E-state index contributed by atoms with van der Waals surface area (Å²) >= 11 is 0. The molecule has 0 aliphatic carbocycles. The molecule has 3 N–H and O–H groups in total. The zero-order valence-corrected chi connectivity index (χ0v) is 10.2. The number of nitrogen functional groups attached to an aromatic ring is 1. The molecule has 0 amide bonds. The van der Waals surface area contributed by atoms with E-state index in [0.29, 0.717) is 17.4 Å². The fraction of sp³-hybridized carbons (Fsp3) is 0.636. The van der Waals surface area contributed by atoms with E-state index in [1.165, 1.54) is 12.7 Å². The van der Waals surface area contributed by atoms with E-state index in [4.69, 9.17) is 10.5 Å². The van der Waals surface area contributed by atoms with Gasteiger partial charge >= 0.3 is 0 Å². The molecule has 90 valence electrons. The van der Waals surface area contributed by atoms with Crippen LogP contribution in [0, 0.1) is 5.92 Å². The number of rotatable bonds is 6. The van der Waals surface area contributed by atoms with E-state index in [0.717, 1.165) is 18.9 Å². The Bertz CT molecular complexity index is 328. The molecule has 0 bridgehead atoms. The lowest BCUT2D eigenvalue weighted by Gasteiger charge is -2.11. The summed E-state index contributed by atoms with van der Waals surface area (Å²) in [6.07, 6.45) is 3.73. The van der Waals surface area contributed by atoms with Crippen molar-refractivity contribution in [2.24, 2.45) is 5.92 Å². The molecule has 16 heavy (non-hydrogen) atoms. The van der Waals surface area contributed by atoms with Crippen LogP contribution in [-0.4, -0.2) is 23.6 Å². The molecular formula is C11H20N4O. The minimum Gasteiger partial charge on any atom is -0.490 e. The first-order chi connectivity index (χ1) is 7.65. The van der Waals surface area contributed by atoms with Crippen molar-refractivity contribution < 1.29 is 4.74 Å². The summed E-state index contributed by atoms with van der Waals surface area (Å²) in [6.45, 7) is 5.29. The Hall–Kier alpha value is -1.52. The molecule has 0 fully saturated rings. The molecule has 5 nitrogen and oxygen atoms in total. The summed E-state index contributed by atoms with van der Waals surface area (Å²) in [5.74, 6) is 2.27. The van der Waals surface area contributed by atoms with E-state index < -0.39 is 0 Å². The molecule has 1 aromatic rings. The predicted molar refractivity (Wildman–Crippen MR) is 65.6 cm³/mol. The fourth-order valence-electron chi connectivity index (χ4n) is 1.43. The van der Waals surface area contributed by atoms with Crippen LogP contribution in [0.1, 0.15) is 26.7 Å². The summed E-state index contributed by atoms with van der Waals surface area (Å²) in [5.41, 5.74) is 5.67. The van der Waals surface area contributed by atoms with Gasteiger partial charge in [0, 0.05) is 6.54 Å². The highest BCUT2D eigenvalue weighted by Crippen LogP contribution is 2.26. The maximum absolute atomic E-state index is 5.67. The molecule has 0 radical (unpaired) electrons. The molecular weight excluding hydrogens is 204 g/mol. The summed E-state index contributed by atoms with van der Waals surface area (Å²) in [6, 6.07) is 0. The highest BCUT2D eigenvalue weighted by Gasteiger charge is 2.08. The maximum Gasteiger partial charge on any atom is 0.203 e. The molecule has 1 rings (SSSR count). The lowest BCUT2D eigenvalue weighted by molar-refractivity contribution is 0.415. The van der Waals surface area contributed by atoms with Crippen LogP contribution in [0.4, 0.5) is 11.6 Å². The van der Waals surface area contributed by atoms with Crippen molar-refractivity contribution in [3.63, 3.8) is 0 Å². The third-order valence-electron chi connectivity index (χ3n) is 2.29. The molecule has 0 unspecified atom stereocenters. The Morgan fingerprint density at radius 1 is 1.44 bits per heavy atom.